The number of nitrogens with two attached hydrogens (primary N) is 3. The number of anilines is 4. The molecule has 105 heavy (non-hydrogen) atoms. The van der Waals surface area contributed by atoms with E-state index in [4.69, 9.17) is 73.6 Å². The van der Waals surface area contributed by atoms with Gasteiger partial charge in [0.1, 0.15) is 74.2 Å². The zero-order chi connectivity index (χ0) is 71.2. The quantitative estimate of drug-likeness (QED) is 0.0556. The van der Waals surface area contributed by atoms with Crippen LogP contribution in [0.3, 0.4) is 0 Å². The van der Waals surface area contributed by atoms with Crippen LogP contribution in [0.15, 0.2) is 146 Å². The summed E-state index contributed by atoms with van der Waals surface area (Å²) >= 11 is 6.79. The third-order valence-corrected chi connectivity index (χ3v) is 25.4. The van der Waals surface area contributed by atoms with Crippen molar-refractivity contribution in [1.29, 1.82) is 0 Å². The third kappa shape index (κ3) is 9.00. The van der Waals surface area contributed by atoms with Crippen molar-refractivity contribution in [2.45, 2.75) is 60.6 Å². The average molecular weight is 1430 g/mol. The molecule has 3 saturated carbocycles. The number of benzene rings is 5. The molecule has 4 aliphatic heterocycles. The van der Waals surface area contributed by atoms with E-state index >= 15 is 18.0 Å². The maximum absolute atomic E-state index is 18.0. The second-order valence-electron chi connectivity index (χ2n) is 29.2. The van der Waals surface area contributed by atoms with E-state index in [1.54, 1.807) is 85.5 Å². The second-order valence-corrected chi connectivity index (χ2v) is 29.6. The lowest BCUT2D eigenvalue weighted by atomic mass is 9.66. The Kier molecular flexibility index (Phi) is 14.0. The van der Waals surface area contributed by atoms with Crippen LogP contribution >= 0.6 is 11.6 Å². The standard InChI is InChI=1S/C77H68ClF3N22O2/c1-38-63(78)42(19-23-85-38)66-69-72(99-96-66)93-60(32-89-69)102-26-22-45-51(36-102)76(45,48-11-5-8-14-54(48)81)77(84,103-57-18-16-39(27-41(57)29-62(103)104)64-67-70(97-94-64)91-58(30-87-67)100-24-20-43-49(34-100)74(43,37-82)46-9-3-6-12-52(46)79)73(83)75(47-10-4-7-13-53(47)80)44-21-25-101(35-50(44)75)59-31-88-68-65(95-98-71(68)92-59)40-15-17-55-56(28-40)90-61(105-2)33-86-55/h3-19,23,27-28,30-33,43-45,49-51,73H,20-22,24-26,29,34-37,82-84H2,1-2H3,(H,91,94,97)(H,92,95,98)(H,93,96,99)/t43-,44-,45-,49+,50+,51+,73?,74-,75+,76+,77?/m1/s1. The van der Waals surface area contributed by atoms with E-state index in [1.807, 2.05) is 61.5 Å². The van der Waals surface area contributed by atoms with Crippen LogP contribution in [0.25, 0.3) is 78.3 Å². The zero-order valence-electron chi connectivity index (χ0n) is 56.9. The summed E-state index contributed by atoms with van der Waals surface area (Å²) in [6.07, 6.45) is 10.2. The first-order chi connectivity index (χ1) is 51.2. The van der Waals surface area contributed by atoms with Crippen molar-refractivity contribution >= 4 is 85.2 Å². The van der Waals surface area contributed by atoms with Gasteiger partial charge in [-0.3, -0.25) is 30.0 Å². The summed E-state index contributed by atoms with van der Waals surface area (Å²) < 4.78 is 56.4. The minimum absolute atomic E-state index is 0.102. The molecule has 8 aromatic heterocycles. The molecule has 24 nitrogen and oxygen atoms in total. The fourth-order valence-corrected chi connectivity index (χ4v) is 20.3. The normalized spacial score (nSPS) is 25.3. The van der Waals surface area contributed by atoms with Crippen LogP contribution in [0.1, 0.15) is 47.2 Å². The van der Waals surface area contributed by atoms with Crippen molar-refractivity contribution in [2.75, 3.05) is 72.5 Å². The van der Waals surface area contributed by atoms with Gasteiger partial charge in [0.25, 0.3) is 0 Å². The van der Waals surface area contributed by atoms with Crippen LogP contribution in [0.4, 0.5) is 36.3 Å². The Balaban J connectivity index is 0.682. The number of amides is 1. The molecule has 0 radical (unpaired) electrons. The first-order valence-corrected chi connectivity index (χ1v) is 35.8. The molecular weight excluding hydrogens is 1360 g/mol. The van der Waals surface area contributed by atoms with Crippen LogP contribution in [0.2, 0.25) is 5.02 Å². The summed E-state index contributed by atoms with van der Waals surface area (Å²) in [4.78, 5) is 67.9. The number of ether oxygens (including phenoxy) is 1. The molecule has 9 N–H and O–H groups in total. The minimum Gasteiger partial charge on any atom is -0.480 e. The van der Waals surface area contributed by atoms with E-state index in [9.17, 15) is 0 Å². The Bertz CT molecular complexity index is 5780. The van der Waals surface area contributed by atoms with Crippen molar-refractivity contribution in [2.24, 2.45) is 52.7 Å². The van der Waals surface area contributed by atoms with Crippen LogP contribution in [0, 0.1) is 59.9 Å². The monoisotopic (exact) mass is 1420 g/mol. The summed E-state index contributed by atoms with van der Waals surface area (Å²) in [5.74, 6) is -0.495. The molecule has 11 atom stereocenters. The van der Waals surface area contributed by atoms with E-state index < -0.39 is 45.5 Å². The van der Waals surface area contributed by atoms with Gasteiger partial charge in [0.2, 0.25) is 11.8 Å². The molecular formula is C77H68ClF3N22O2. The Morgan fingerprint density at radius 2 is 1.14 bits per heavy atom. The van der Waals surface area contributed by atoms with Gasteiger partial charge in [0.15, 0.2) is 16.9 Å². The van der Waals surface area contributed by atoms with Crippen molar-refractivity contribution in [3.8, 4) is 39.7 Å². The number of hydrogen-bond donors (Lipinski definition) is 6. The molecule has 2 unspecified atom stereocenters. The molecule has 0 bridgehead atoms. The molecule has 7 aliphatic rings. The first kappa shape index (κ1) is 63.6. The molecule has 1 amide bonds. The highest BCUT2D eigenvalue weighted by molar-refractivity contribution is 6.34. The Hall–Kier alpha value is -11.1. The number of aromatic amines is 3. The molecule has 3 aliphatic carbocycles. The lowest BCUT2D eigenvalue weighted by Gasteiger charge is -2.53. The second kappa shape index (κ2) is 23.2. The SMILES string of the molecule is COc1cnc2ccc(-c3n[nH]c4nc(N5CC[C@@H]6[C@H](C5)[C@]6(c5ccccc5F)C(N)C(N)(N5C(=O)Cc6cc(-c7n[nH]c8nc(N9CC[C@@H]%10[C@H](C9)[C@@]%10(CN)c9ccccc9F)cnc78)ccc65)[C@]5(c6ccccc6F)[C@@H]6CCN(c7cnc8c(-c9ccnc(C)c9Cl)n[nH]c8n7)C[C@@H]65)cnc34)cc2n1. The minimum atomic E-state index is -2.01. The largest absolute Gasteiger partial charge is 0.480 e. The smallest absolute Gasteiger partial charge is 0.233 e. The number of H-pyrrole nitrogens is 3. The number of piperidine rings is 3. The fraction of sp³-hybridized carbons (Fsp3) is 0.312. The Morgan fingerprint density at radius 3 is 1.76 bits per heavy atom. The summed E-state index contributed by atoms with van der Waals surface area (Å²) in [5, 5.41) is 23.9. The fourth-order valence-electron chi connectivity index (χ4n) is 20.1. The summed E-state index contributed by atoms with van der Waals surface area (Å²) in [7, 11) is 1.54. The number of aryl methyl sites for hydroxylation is 1. The van der Waals surface area contributed by atoms with E-state index in [-0.39, 0.29) is 47.7 Å². The lowest BCUT2D eigenvalue weighted by Crippen LogP contribution is -2.77. The topological polar surface area (TPSA) is 319 Å². The molecule has 12 heterocycles. The number of halogens is 4. The zero-order valence-corrected chi connectivity index (χ0v) is 57.6. The summed E-state index contributed by atoms with van der Waals surface area (Å²) in [6, 6.07) is 32.2. The molecule has 6 fully saturated rings. The van der Waals surface area contributed by atoms with Gasteiger partial charge in [0.05, 0.1) is 66.1 Å². The van der Waals surface area contributed by atoms with Crippen molar-refractivity contribution < 1.29 is 22.7 Å². The molecule has 0 spiro atoms. The van der Waals surface area contributed by atoms with Gasteiger partial charge in [-0.1, -0.05) is 78.3 Å². The molecule has 5 aromatic carbocycles. The average Bonchev–Trinajstić information content (AvgIpc) is 1.46. The van der Waals surface area contributed by atoms with Gasteiger partial charge in [-0.2, -0.15) is 15.3 Å². The highest BCUT2D eigenvalue weighted by Gasteiger charge is 2.84. The van der Waals surface area contributed by atoms with E-state index in [1.165, 1.54) is 18.2 Å². The number of hydrogen-bond acceptors (Lipinski definition) is 20. The van der Waals surface area contributed by atoms with Crippen molar-refractivity contribution in [1.82, 2.24) is 75.4 Å². The van der Waals surface area contributed by atoms with E-state index in [0.717, 1.165) is 12.0 Å². The number of aromatic nitrogens is 15. The number of nitrogens with zero attached hydrogens (tertiary/aromatic N) is 16. The highest BCUT2D eigenvalue weighted by Crippen LogP contribution is 2.75. The number of methoxy groups -OCH3 is 1. The molecule has 28 heteroatoms. The number of nitrogens with one attached hydrogen (secondary N) is 3. The Labute approximate surface area is 602 Å². The van der Waals surface area contributed by atoms with Crippen LogP contribution in [0.5, 0.6) is 5.88 Å². The van der Waals surface area contributed by atoms with Gasteiger partial charge in [-0.15, -0.1) is 0 Å². The predicted octanol–water partition coefficient (Wildman–Crippen LogP) is 9.83. The molecule has 3 saturated heterocycles. The maximum atomic E-state index is 18.0. The molecule has 13 aromatic rings. The number of carbonyl (C=O) groups excluding carboxylic acids is 1. The van der Waals surface area contributed by atoms with E-state index in [2.05, 4.69) is 50.0 Å². The van der Waals surface area contributed by atoms with Crippen LogP contribution in [-0.2, 0) is 27.5 Å². The van der Waals surface area contributed by atoms with Crippen LogP contribution < -0.4 is 41.5 Å². The van der Waals surface area contributed by atoms with Crippen molar-refractivity contribution in [3.05, 3.63) is 197 Å². The first-order valence-electron chi connectivity index (χ1n) is 35.4. The molecule has 526 valence electrons. The number of rotatable bonds is 15. The maximum Gasteiger partial charge on any atom is 0.233 e. The Morgan fingerprint density at radius 1 is 0.600 bits per heavy atom. The van der Waals surface area contributed by atoms with Gasteiger partial charge < -0.3 is 36.6 Å². The summed E-state index contributed by atoms with van der Waals surface area (Å²) in [6.45, 7) is 5.10. The number of carbonyl (C=O) groups is 1. The van der Waals surface area contributed by atoms with Gasteiger partial charge in [-0.25, -0.2) is 53.0 Å². The number of fused-ring (bicyclic) bond motifs is 8. The lowest BCUT2D eigenvalue weighted by molar-refractivity contribution is -0.119. The van der Waals surface area contributed by atoms with E-state index in [0.29, 0.717) is 193 Å². The van der Waals surface area contributed by atoms with Crippen LogP contribution in [-0.4, -0.2) is 146 Å². The van der Waals surface area contributed by atoms with Gasteiger partial charge >= 0.3 is 0 Å². The predicted molar refractivity (Wildman–Crippen MR) is 389 cm³/mol. The highest BCUT2D eigenvalue weighted by atomic mass is 35.5. The van der Waals surface area contributed by atoms with Gasteiger partial charge in [0, 0.05) is 90.6 Å². The third-order valence-electron chi connectivity index (χ3n) is 24.9. The summed E-state index contributed by atoms with van der Waals surface area (Å²) in [5.41, 5.74) is 29.7. The van der Waals surface area contributed by atoms with Crippen molar-refractivity contribution in [3.63, 3.8) is 0 Å². The molecule has 20 rings (SSSR count). The van der Waals surface area contributed by atoms with Gasteiger partial charge in [-0.05, 0) is 132 Å². The number of pyridine rings is 1.